The molecule has 0 aliphatic rings. The summed E-state index contributed by atoms with van der Waals surface area (Å²) in [5.74, 6) is 0.312. The van der Waals surface area contributed by atoms with E-state index in [2.05, 4.69) is 54.7 Å². The van der Waals surface area contributed by atoms with Gasteiger partial charge in [0.05, 0.1) is 0 Å². The molecule has 0 aliphatic heterocycles. The summed E-state index contributed by atoms with van der Waals surface area (Å²) in [5, 5.41) is 15.6. The highest BCUT2D eigenvalue weighted by molar-refractivity contribution is 5.86. The highest BCUT2D eigenvalue weighted by atomic mass is 16.3. The van der Waals surface area contributed by atoms with Crippen LogP contribution in [0.3, 0.4) is 0 Å². The number of rotatable bonds is 4. The van der Waals surface area contributed by atoms with Crippen molar-refractivity contribution in [3.05, 3.63) is 77.9 Å². The summed E-state index contributed by atoms with van der Waals surface area (Å²) in [6.45, 7) is 2.91. The maximum Gasteiger partial charge on any atom is 0.115 e. The predicted molar refractivity (Wildman–Crippen MR) is 87.3 cm³/mol. The van der Waals surface area contributed by atoms with Gasteiger partial charge in [-0.15, -0.1) is 0 Å². The van der Waals surface area contributed by atoms with Crippen molar-refractivity contribution >= 4 is 10.8 Å². The quantitative estimate of drug-likeness (QED) is 0.741. The van der Waals surface area contributed by atoms with Gasteiger partial charge < -0.3 is 10.4 Å². The largest absolute Gasteiger partial charge is 0.508 e. The number of benzene rings is 3. The first-order valence-electron chi connectivity index (χ1n) is 7.23. The molecule has 0 radical (unpaired) electrons. The molecular weight excluding hydrogens is 258 g/mol. The van der Waals surface area contributed by atoms with Crippen molar-refractivity contribution in [2.75, 3.05) is 0 Å². The number of aromatic hydroxyl groups is 1. The van der Waals surface area contributed by atoms with Gasteiger partial charge in [-0.3, -0.25) is 0 Å². The summed E-state index contributed by atoms with van der Waals surface area (Å²) in [6.07, 6.45) is 0. The average molecular weight is 277 g/mol. The Morgan fingerprint density at radius 2 is 1.71 bits per heavy atom. The average Bonchev–Trinajstić information content (AvgIpc) is 2.52. The third-order valence-electron chi connectivity index (χ3n) is 3.81. The van der Waals surface area contributed by atoms with E-state index in [1.54, 1.807) is 12.1 Å². The lowest BCUT2D eigenvalue weighted by atomic mass is 9.99. The summed E-state index contributed by atoms with van der Waals surface area (Å²) >= 11 is 0. The standard InChI is InChI=1S/C19H19NO/c1-14(20-13-15-6-4-9-17(21)12-15)18-11-5-8-16-7-2-3-10-19(16)18/h2-12,14,20-21H,13H2,1H3/t14-/m1/s1. The van der Waals surface area contributed by atoms with E-state index in [1.807, 2.05) is 12.1 Å². The summed E-state index contributed by atoms with van der Waals surface area (Å²) in [6, 6.07) is 22.5. The molecule has 2 N–H and O–H groups in total. The van der Waals surface area contributed by atoms with Crippen LogP contribution in [0.5, 0.6) is 5.75 Å². The van der Waals surface area contributed by atoms with Crippen LogP contribution in [0, 0.1) is 0 Å². The number of phenolic OH excluding ortho intramolecular Hbond substituents is 1. The van der Waals surface area contributed by atoms with E-state index in [0.717, 1.165) is 12.1 Å². The molecule has 2 nitrogen and oxygen atoms in total. The zero-order chi connectivity index (χ0) is 14.7. The molecule has 21 heavy (non-hydrogen) atoms. The van der Waals surface area contributed by atoms with E-state index < -0.39 is 0 Å². The van der Waals surface area contributed by atoms with Crippen LogP contribution in [0.1, 0.15) is 24.1 Å². The molecule has 1 atom stereocenters. The molecule has 0 saturated carbocycles. The first kappa shape index (κ1) is 13.7. The van der Waals surface area contributed by atoms with Gasteiger partial charge in [0, 0.05) is 12.6 Å². The van der Waals surface area contributed by atoms with Gasteiger partial charge in [0.2, 0.25) is 0 Å². The van der Waals surface area contributed by atoms with Crippen LogP contribution in [-0.4, -0.2) is 5.11 Å². The fraction of sp³-hybridized carbons (Fsp3) is 0.158. The fourth-order valence-corrected chi connectivity index (χ4v) is 2.68. The van der Waals surface area contributed by atoms with E-state index in [4.69, 9.17) is 0 Å². The second-order valence-electron chi connectivity index (χ2n) is 5.34. The second-order valence-corrected chi connectivity index (χ2v) is 5.34. The highest BCUT2D eigenvalue weighted by Gasteiger charge is 2.08. The third-order valence-corrected chi connectivity index (χ3v) is 3.81. The van der Waals surface area contributed by atoms with Crippen molar-refractivity contribution in [1.82, 2.24) is 5.32 Å². The first-order valence-corrected chi connectivity index (χ1v) is 7.23. The molecule has 0 spiro atoms. The monoisotopic (exact) mass is 277 g/mol. The smallest absolute Gasteiger partial charge is 0.115 e. The van der Waals surface area contributed by atoms with Crippen molar-refractivity contribution in [3.8, 4) is 5.75 Å². The van der Waals surface area contributed by atoms with Crippen LogP contribution in [0.4, 0.5) is 0 Å². The van der Waals surface area contributed by atoms with Crippen LogP contribution in [0.25, 0.3) is 10.8 Å². The van der Waals surface area contributed by atoms with Crippen molar-refractivity contribution < 1.29 is 5.11 Å². The van der Waals surface area contributed by atoms with E-state index in [1.165, 1.54) is 16.3 Å². The molecule has 3 rings (SSSR count). The van der Waals surface area contributed by atoms with E-state index in [-0.39, 0.29) is 6.04 Å². The van der Waals surface area contributed by atoms with Crippen molar-refractivity contribution in [1.29, 1.82) is 0 Å². The number of nitrogens with one attached hydrogen (secondary N) is 1. The minimum absolute atomic E-state index is 0.249. The Morgan fingerprint density at radius 1 is 0.952 bits per heavy atom. The highest BCUT2D eigenvalue weighted by Crippen LogP contribution is 2.24. The minimum atomic E-state index is 0.249. The van der Waals surface area contributed by atoms with Gasteiger partial charge in [-0.05, 0) is 41.0 Å². The molecular formula is C19H19NO. The minimum Gasteiger partial charge on any atom is -0.508 e. The van der Waals surface area contributed by atoms with Crippen LogP contribution >= 0.6 is 0 Å². The van der Waals surface area contributed by atoms with Crippen molar-refractivity contribution in [2.45, 2.75) is 19.5 Å². The molecule has 0 bridgehead atoms. The van der Waals surface area contributed by atoms with Gasteiger partial charge in [-0.2, -0.15) is 0 Å². The Labute approximate surface area is 125 Å². The van der Waals surface area contributed by atoms with Gasteiger partial charge >= 0.3 is 0 Å². The van der Waals surface area contributed by atoms with Crippen LogP contribution in [-0.2, 0) is 6.54 Å². The van der Waals surface area contributed by atoms with Crippen LogP contribution in [0.15, 0.2) is 66.7 Å². The Bertz CT molecular complexity index is 746. The molecule has 0 fully saturated rings. The Kier molecular flexibility index (Phi) is 3.89. The SMILES string of the molecule is C[C@@H](NCc1cccc(O)c1)c1cccc2ccccc12. The Balaban J connectivity index is 1.79. The summed E-state index contributed by atoms with van der Waals surface area (Å²) in [4.78, 5) is 0. The normalized spacial score (nSPS) is 12.4. The van der Waals surface area contributed by atoms with Gasteiger partial charge in [-0.1, -0.05) is 54.6 Å². The molecule has 2 heteroatoms. The number of hydrogen-bond donors (Lipinski definition) is 2. The molecule has 0 amide bonds. The number of hydrogen-bond acceptors (Lipinski definition) is 2. The maximum absolute atomic E-state index is 9.51. The topological polar surface area (TPSA) is 32.3 Å². The van der Waals surface area contributed by atoms with Crippen molar-refractivity contribution in [2.24, 2.45) is 0 Å². The van der Waals surface area contributed by atoms with Crippen LogP contribution in [0.2, 0.25) is 0 Å². The molecule has 0 aromatic heterocycles. The third kappa shape index (κ3) is 3.06. The molecule has 0 aliphatic carbocycles. The maximum atomic E-state index is 9.51. The van der Waals surface area contributed by atoms with Gasteiger partial charge in [0.25, 0.3) is 0 Å². The summed E-state index contributed by atoms with van der Waals surface area (Å²) < 4.78 is 0. The Morgan fingerprint density at radius 3 is 2.57 bits per heavy atom. The van der Waals surface area contributed by atoms with Gasteiger partial charge in [0.15, 0.2) is 0 Å². The van der Waals surface area contributed by atoms with E-state index in [9.17, 15) is 5.11 Å². The lowest BCUT2D eigenvalue weighted by molar-refractivity contribution is 0.473. The number of phenols is 1. The molecule has 0 heterocycles. The molecule has 0 saturated heterocycles. The molecule has 3 aromatic rings. The summed E-state index contributed by atoms with van der Waals surface area (Å²) in [7, 11) is 0. The molecule has 3 aromatic carbocycles. The fourth-order valence-electron chi connectivity index (χ4n) is 2.68. The lowest BCUT2D eigenvalue weighted by Crippen LogP contribution is -2.18. The molecule has 106 valence electrons. The second kappa shape index (κ2) is 5.98. The Hall–Kier alpha value is -2.32. The molecule has 0 unspecified atom stereocenters. The lowest BCUT2D eigenvalue weighted by Gasteiger charge is -2.17. The van der Waals surface area contributed by atoms with E-state index >= 15 is 0 Å². The van der Waals surface area contributed by atoms with Gasteiger partial charge in [0.1, 0.15) is 5.75 Å². The van der Waals surface area contributed by atoms with Crippen molar-refractivity contribution in [3.63, 3.8) is 0 Å². The van der Waals surface area contributed by atoms with Gasteiger partial charge in [-0.25, -0.2) is 0 Å². The first-order chi connectivity index (χ1) is 10.2. The number of fused-ring (bicyclic) bond motifs is 1. The van der Waals surface area contributed by atoms with Crippen LogP contribution < -0.4 is 5.32 Å². The zero-order valence-electron chi connectivity index (χ0n) is 12.1. The summed E-state index contributed by atoms with van der Waals surface area (Å²) in [5.41, 5.74) is 2.38. The predicted octanol–water partition coefficient (Wildman–Crippen LogP) is 4.40. The zero-order valence-corrected chi connectivity index (χ0v) is 12.1. The van der Waals surface area contributed by atoms with E-state index in [0.29, 0.717) is 5.75 Å².